The molecule has 19 heavy (non-hydrogen) atoms. The van der Waals surface area contributed by atoms with E-state index >= 15 is 0 Å². The van der Waals surface area contributed by atoms with Crippen LogP contribution in [-0.4, -0.2) is 21.3 Å². The van der Waals surface area contributed by atoms with Crippen LogP contribution in [0.25, 0.3) is 0 Å². The molecule has 0 atom stereocenters. The fourth-order valence-electron chi connectivity index (χ4n) is 2.24. The van der Waals surface area contributed by atoms with Crippen molar-refractivity contribution in [1.82, 2.24) is 0 Å². The Morgan fingerprint density at radius 3 is 1.42 bits per heavy atom. The van der Waals surface area contributed by atoms with Crippen LogP contribution in [-0.2, 0) is 21.3 Å². The molecule has 0 heterocycles. The van der Waals surface area contributed by atoms with Crippen molar-refractivity contribution in [2.75, 3.05) is 21.3 Å². The predicted molar refractivity (Wildman–Crippen MR) is 86.7 cm³/mol. The summed E-state index contributed by atoms with van der Waals surface area (Å²) in [7, 11) is 5.03. The van der Waals surface area contributed by atoms with Crippen molar-refractivity contribution in [3.8, 4) is 0 Å². The maximum absolute atomic E-state index is 6.26. The van der Waals surface area contributed by atoms with Gasteiger partial charge < -0.3 is 0 Å². The summed E-state index contributed by atoms with van der Waals surface area (Å²) in [5.74, 6) is 0. The summed E-state index contributed by atoms with van der Waals surface area (Å²) in [4.78, 5) is 0. The van der Waals surface area contributed by atoms with Gasteiger partial charge in [0.05, 0.1) is 0 Å². The second-order valence-corrected chi connectivity index (χ2v) is 45.5. The van der Waals surface area contributed by atoms with E-state index in [0.717, 1.165) is 10.3 Å². The summed E-state index contributed by atoms with van der Waals surface area (Å²) in [5.41, 5.74) is 0. The second kappa shape index (κ2) is 2.67. The van der Waals surface area contributed by atoms with Crippen molar-refractivity contribution in [3.63, 3.8) is 0 Å². The molecule has 0 unspecified atom stereocenters. The van der Waals surface area contributed by atoms with E-state index < -0.39 is 11.3 Å². The number of hydrogen-bond donors (Lipinski definition) is 0. The van der Waals surface area contributed by atoms with Crippen LogP contribution in [0.3, 0.4) is 0 Å². The summed E-state index contributed by atoms with van der Waals surface area (Å²) < 4.78 is 19.8. The molecule has 0 saturated heterocycles. The van der Waals surface area contributed by atoms with Gasteiger partial charge in [-0.15, -0.1) is 24.8 Å². The number of rotatable bonds is 4. The predicted octanol–water partition coefficient (Wildman–Crippen LogP) is 5.43. The fraction of sp³-hybridized carbons (Fsp3) is 0.692. The third-order valence-corrected chi connectivity index (χ3v) is 25.5. The minimum atomic E-state index is -5.97. The van der Waals surface area contributed by atoms with Gasteiger partial charge in [-0.3, -0.25) is 0 Å². The summed E-state index contributed by atoms with van der Waals surface area (Å²) in [6.45, 7) is 0. The van der Waals surface area contributed by atoms with Gasteiger partial charge >= 0.3 is 97.3 Å². The van der Waals surface area contributed by atoms with E-state index in [1.165, 1.54) is 0 Å². The topological polar surface area (TPSA) is 27.7 Å². The molecular formula is C13H31Cl2O3Ti. The summed E-state index contributed by atoms with van der Waals surface area (Å²) in [5, 5.41) is 10.1. The molecule has 1 aliphatic carbocycles. The van der Waals surface area contributed by atoms with Crippen LogP contribution in [0.4, 0.5) is 0 Å². The Labute approximate surface area is 122 Å². The van der Waals surface area contributed by atoms with Gasteiger partial charge in [0.25, 0.3) is 0 Å². The molecule has 0 saturated carbocycles. The summed E-state index contributed by atoms with van der Waals surface area (Å²) in [6.07, 6.45) is 6.94. The first-order valence-corrected chi connectivity index (χ1v) is 16.8. The maximum atomic E-state index is 6.26. The zero-order valence-corrected chi connectivity index (χ0v) is 16.7. The Morgan fingerprint density at radius 1 is 0.842 bits per heavy atom. The molecule has 0 fully saturated rings. The van der Waals surface area contributed by atoms with Crippen LogP contribution in [0, 0.1) is 0 Å². The average molecular weight is 354 g/mol. The summed E-state index contributed by atoms with van der Waals surface area (Å²) >= 11 is -5.97. The molecule has 0 aromatic carbocycles. The minimum Gasteiger partial charge on any atom is -0.147 e. The third kappa shape index (κ3) is 2.28. The quantitative estimate of drug-likeness (QED) is 0.630. The smallest absolute Gasteiger partial charge is 0.147 e. The minimum absolute atomic E-state index is 0. The van der Waals surface area contributed by atoms with E-state index in [-0.39, 0.29) is 24.8 Å². The average Bonchev–Trinajstić information content (AvgIpc) is 2.75. The number of allylic oxidation sites excluding steroid dienone is 4. The van der Waals surface area contributed by atoms with E-state index in [9.17, 15) is 0 Å². The zero-order valence-electron chi connectivity index (χ0n) is 13.5. The van der Waals surface area contributed by atoms with Gasteiger partial charge in [0.15, 0.2) is 0 Å². The Balaban J connectivity index is 0. The van der Waals surface area contributed by atoms with Gasteiger partial charge in [0.2, 0.25) is 0 Å². The molecule has 0 N–H and O–H groups in total. The molecule has 6 heteroatoms. The Hall–Kier alpha value is 0.654. The van der Waals surface area contributed by atoms with E-state index in [2.05, 4.69) is 12.2 Å². The van der Waals surface area contributed by atoms with Crippen molar-refractivity contribution in [2.24, 2.45) is 0 Å². The molecule has 0 spiro atoms. The molecule has 0 amide bonds. The monoisotopic (exact) mass is 353 g/mol. The maximum Gasteiger partial charge on any atom is -0.147 e. The van der Waals surface area contributed by atoms with Crippen LogP contribution in [0.1, 0.15) is 6.42 Å². The SMILES string of the molecule is C[O][Ti]([CH3])([CH3])([CH3])([CH3])([CH3])([O]C)([O]C)[C]1=CC=CC1.Cl.Cl. The molecule has 0 aliphatic heterocycles. The second-order valence-electron chi connectivity index (χ2n) is 11.8. The van der Waals surface area contributed by atoms with Crippen molar-refractivity contribution in [3.05, 3.63) is 22.1 Å². The van der Waals surface area contributed by atoms with Crippen molar-refractivity contribution < 1.29 is 21.3 Å². The van der Waals surface area contributed by atoms with E-state index in [1.54, 1.807) is 21.3 Å². The molecule has 1 rings (SSSR count). The normalized spacial score (nSPS) is 25.9. The molecule has 119 valence electrons. The van der Waals surface area contributed by atoms with Crippen molar-refractivity contribution in [1.29, 1.82) is 0 Å². The van der Waals surface area contributed by atoms with Gasteiger partial charge in [-0.1, -0.05) is 0 Å². The van der Waals surface area contributed by atoms with Crippen LogP contribution < -0.4 is 0 Å². The van der Waals surface area contributed by atoms with Crippen molar-refractivity contribution >= 4 is 24.8 Å². The van der Waals surface area contributed by atoms with Crippen LogP contribution >= 0.6 is 24.8 Å². The fourth-order valence-corrected chi connectivity index (χ4v) is 8.19. The van der Waals surface area contributed by atoms with Gasteiger partial charge in [-0.25, -0.2) is 0 Å². The standard InChI is InChI=1S/C5H5.3CH3O.5CH3.2ClH.Ti/c1-2-4-5-3-1;3*1-2;;;;;;;;/h1-3H,4H2;3*1H3;5*1H3;2*1H;/q;3*-1;;;;;;;;+3. The molecule has 0 aromatic rings. The van der Waals surface area contributed by atoms with E-state index in [4.69, 9.17) is 9.96 Å². The largest absolute Gasteiger partial charge is 0.147 e. The molecule has 3 nitrogen and oxygen atoms in total. The van der Waals surface area contributed by atoms with Gasteiger partial charge in [-0.2, -0.15) is 0 Å². The number of hydrogen-bond acceptors (Lipinski definition) is 3. The first kappa shape index (κ1) is 21.9. The third-order valence-electron chi connectivity index (χ3n) is 6.64. The first-order chi connectivity index (χ1) is 7.00. The van der Waals surface area contributed by atoms with Crippen LogP contribution in [0.2, 0.25) is 26.1 Å². The van der Waals surface area contributed by atoms with Crippen LogP contribution in [0.15, 0.2) is 22.1 Å². The Bertz CT molecular complexity index is 505. The summed E-state index contributed by atoms with van der Waals surface area (Å²) in [6, 6.07) is 0. The van der Waals surface area contributed by atoms with E-state index in [0.29, 0.717) is 0 Å². The van der Waals surface area contributed by atoms with Gasteiger partial charge in [-0.05, 0) is 0 Å². The molecule has 1 aliphatic rings. The molecule has 0 bridgehead atoms. The van der Waals surface area contributed by atoms with Crippen molar-refractivity contribution in [2.45, 2.75) is 32.6 Å². The molecule has 0 aromatic heterocycles. The first-order valence-electron chi connectivity index (χ1n) is 6.30. The Kier molecular flexibility index (Phi) is 3.09. The molecular weight excluding hydrogens is 323 g/mol. The van der Waals surface area contributed by atoms with Gasteiger partial charge in [0, 0.05) is 0 Å². The van der Waals surface area contributed by atoms with Crippen LogP contribution in [0.5, 0.6) is 0 Å². The van der Waals surface area contributed by atoms with Gasteiger partial charge in [0.1, 0.15) is 0 Å². The Morgan fingerprint density at radius 2 is 1.21 bits per heavy atom. The zero-order chi connectivity index (χ0) is 13.9. The van der Waals surface area contributed by atoms with E-state index in [1.807, 2.05) is 32.2 Å². The molecule has 0 radical (unpaired) electrons. The number of halogens is 2.